The molecule has 2 atom stereocenters. The second-order valence-electron chi connectivity index (χ2n) is 6.28. The van der Waals surface area contributed by atoms with E-state index in [0.29, 0.717) is 12.1 Å². The number of rotatable bonds is 6. The summed E-state index contributed by atoms with van der Waals surface area (Å²) in [5.74, 6) is 0.832. The molecule has 5 heteroatoms. The minimum Gasteiger partial charge on any atom is -0.484 e. The molecule has 0 aliphatic carbocycles. The zero-order valence-corrected chi connectivity index (χ0v) is 14.6. The number of carbonyl (C=O) groups excluding carboxylic acids is 1. The van der Waals surface area contributed by atoms with Crippen molar-refractivity contribution in [2.24, 2.45) is 0 Å². The van der Waals surface area contributed by atoms with Crippen molar-refractivity contribution in [3.05, 3.63) is 29.8 Å². The summed E-state index contributed by atoms with van der Waals surface area (Å²) in [4.78, 5) is 16.8. The van der Waals surface area contributed by atoms with Gasteiger partial charge in [0.1, 0.15) is 5.75 Å². The summed E-state index contributed by atoms with van der Waals surface area (Å²) in [5.41, 5.74) is 1.05. The molecule has 0 radical (unpaired) electrons. The third-order valence-electron chi connectivity index (χ3n) is 4.45. The zero-order valence-electron chi connectivity index (χ0n) is 14.6. The van der Waals surface area contributed by atoms with Crippen molar-refractivity contribution in [3.63, 3.8) is 0 Å². The predicted octanol–water partition coefficient (Wildman–Crippen LogP) is 1.94. The molecular weight excluding hydrogens is 292 g/mol. The van der Waals surface area contributed by atoms with Gasteiger partial charge in [-0.15, -0.1) is 0 Å². The van der Waals surface area contributed by atoms with E-state index in [-0.39, 0.29) is 12.5 Å². The van der Waals surface area contributed by atoms with Crippen LogP contribution in [0.4, 0.5) is 0 Å². The second-order valence-corrected chi connectivity index (χ2v) is 6.28. The Labute approximate surface area is 139 Å². The Kier molecular flexibility index (Phi) is 6.42. The van der Waals surface area contributed by atoms with Crippen LogP contribution in [-0.2, 0) is 9.53 Å². The van der Waals surface area contributed by atoms with Crippen molar-refractivity contribution in [2.45, 2.75) is 32.9 Å². The fourth-order valence-corrected chi connectivity index (χ4v) is 3.15. The Morgan fingerprint density at radius 1 is 1.22 bits per heavy atom. The van der Waals surface area contributed by atoms with Crippen LogP contribution in [0.25, 0.3) is 0 Å². The van der Waals surface area contributed by atoms with Crippen LogP contribution in [0.5, 0.6) is 5.75 Å². The fourth-order valence-electron chi connectivity index (χ4n) is 3.15. The number of hydrogen-bond donors (Lipinski definition) is 0. The van der Waals surface area contributed by atoms with Gasteiger partial charge in [-0.1, -0.05) is 18.2 Å². The van der Waals surface area contributed by atoms with Crippen molar-refractivity contribution in [2.75, 3.05) is 40.0 Å². The first-order chi connectivity index (χ1) is 11.0. The van der Waals surface area contributed by atoms with Crippen LogP contribution >= 0.6 is 0 Å². The van der Waals surface area contributed by atoms with Gasteiger partial charge in [-0.3, -0.25) is 9.69 Å². The molecule has 1 saturated heterocycles. The van der Waals surface area contributed by atoms with Gasteiger partial charge in [0, 0.05) is 38.8 Å². The molecule has 2 rings (SSSR count). The van der Waals surface area contributed by atoms with Gasteiger partial charge in [0.2, 0.25) is 0 Å². The highest BCUT2D eigenvalue weighted by Crippen LogP contribution is 2.18. The lowest BCUT2D eigenvalue weighted by Gasteiger charge is -2.44. The van der Waals surface area contributed by atoms with Gasteiger partial charge >= 0.3 is 0 Å². The van der Waals surface area contributed by atoms with Gasteiger partial charge in [0.25, 0.3) is 5.91 Å². The minimum absolute atomic E-state index is 0.0540. The van der Waals surface area contributed by atoms with E-state index in [1.54, 1.807) is 7.11 Å². The number of ether oxygens (including phenoxy) is 2. The van der Waals surface area contributed by atoms with Crippen molar-refractivity contribution >= 4 is 5.91 Å². The lowest BCUT2D eigenvalue weighted by molar-refractivity contribution is -0.137. The summed E-state index contributed by atoms with van der Waals surface area (Å²) in [7, 11) is 1.72. The maximum atomic E-state index is 12.5. The van der Waals surface area contributed by atoms with Crippen LogP contribution < -0.4 is 4.74 Å². The number of amides is 1. The lowest BCUT2D eigenvalue weighted by atomic mass is 10.1. The van der Waals surface area contributed by atoms with E-state index in [2.05, 4.69) is 18.7 Å². The lowest BCUT2D eigenvalue weighted by Crippen LogP contribution is -2.59. The number of benzene rings is 1. The second kappa shape index (κ2) is 8.31. The molecule has 0 aromatic heterocycles. The van der Waals surface area contributed by atoms with E-state index in [4.69, 9.17) is 9.47 Å². The topological polar surface area (TPSA) is 42.0 Å². The first kappa shape index (κ1) is 17.8. The van der Waals surface area contributed by atoms with Crippen LogP contribution in [0.15, 0.2) is 24.3 Å². The molecule has 1 aliphatic heterocycles. The van der Waals surface area contributed by atoms with Crippen LogP contribution in [0.3, 0.4) is 0 Å². The highest BCUT2D eigenvalue weighted by atomic mass is 16.5. The molecule has 128 valence electrons. The van der Waals surface area contributed by atoms with E-state index in [9.17, 15) is 4.79 Å². The SMILES string of the molecule is COCCN1C(C)CN(C(=O)COc2ccccc2C)CC1C. The third-order valence-corrected chi connectivity index (χ3v) is 4.45. The van der Waals surface area contributed by atoms with Gasteiger partial charge in [0.05, 0.1) is 6.61 Å². The number of piperazine rings is 1. The fraction of sp³-hybridized carbons (Fsp3) is 0.611. The molecule has 1 aliphatic rings. The summed E-state index contributed by atoms with van der Waals surface area (Å²) in [6.07, 6.45) is 0. The molecular formula is C18H28N2O3. The molecule has 5 nitrogen and oxygen atoms in total. The van der Waals surface area contributed by atoms with Crippen LogP contribution in [0, 0.1) is 6.92 Å². The average molecular weight is 320 g/mol. The largest absolute Gasteiger partial charge is 0.484 e. The Morgan fingerprint density at radius 3 is 2.48 bits per heavy atom. The number of nitrogens with zero attached hydrogens (tertiary/aromatic N) is 2. The van der Waals surface area contributed by atoms with Gasteiger partial charge in [-0.05, 0) is 32.4 Å². The van der Waals surface area contributed by atoms with Crippen LogP contribution in [0.2, 0.25) is 0 Å². The van der Waals surface area contributed by atoms with Crippen LogP contribution in [-0.4, -0.2) is 67.7 Å². The van der Waals surface area contributed by atoms with E-state index in [1.165, 1.54) is 0 Å². The molecule has 1 heterocycles. The molecule has 0 saturated carbocycles. The highest BCUT2D eigenvalue weighted by Gasteiger charge is 2.31. The number of hydrogen-bond acceptors (Lipinski definition) is 4. The molecule has 0 spiro atoms. The van der Waals surface area contributed by atoms with E-state index in [1.807, 2.05) is 36.1 Å². The summed E-state index contributed by atoms with van der Waals surface area (Å²) in [6.45, 7) is 9.51. The van der Waals surface area contributed by atoms with E-state index in [0.717, 1.165) is 37.6 Å². The standard InChI is InChI=1S/C18H28N2O3/c1-14-7-5-6-8-17(14)23-13-18(21)19-11-15(2)20(9-10-22-4)16(3)12-19/h5-8,15-16H,9-13H2,1-4H3. The molecule has 2 unspecified atom stereocenters. The van der Waals surface area contributed by atoms with E-state index >= 15 is 0 Å². The Balaban J connectivity index is 1.87. The highest BCUT2D eigenvalue weighted by molar-refractivity contribution is 5.78. The zero-order chi connectivity index (χ0) is 16.8. The Hall–Kier alpha value is -1.59. The van der Waals surface area contributed by atoms with Crippen LogP contribution in [0.1, 0.15) is 19.4 Å². The predicted molar refractivity (Wildman–Crippen MR) is 90.8 cm³/mol. The smallest absolute Gasteiger partial charge is 0.260 e. The first-order valence-corrected chi connectivity index (χ1v) is 8.23. The number of methoxy groups -OCH3 is 1. The average Bonchev–Trinajstić information content (AvgIpc) is 2.53. The maximum Gasteiger partial charge on any atom is 0.260 e. The molecule has 0 N–H and O–H groups in total. The quantitative estimate of drug-likeness (QED) is 0.803. The molecule has 1 aromatic carbocycles. The third kappa shape index (κ3) is 4.69. The minimum atomic E-state index is 0.0540. The number of aryl methyl sites for hydroxylation is 1. The molecule has 1 amide bonds. The molecule has 23 heavy (non-hydrogen) atoms. The van der Waals surface area contributed by atoms with E-state index < -0.39 is 0 Å². The summed E-state index contributed by atoms with van der Waals surface area (Å²) in [5, 5.41) is 0. The maximum absolute atomic E-state index is 12.5. The Bertz CT molecular complexity index is 509. The number of para-hydroxylation sites is 1. The number of carbonyl (C=O) groups is 1. The first-order valence-electron chi connectivity index (χ1n) is 8.23. The van der Waals surface area contributed by atoms with Gasteiger partial charge < -0.3 is 14.4 Å². The monoisotopic (exact) mass is 320 g/mol. The van der Waals surface area contributed by atoms with Crippen molar-refractivity contribution < 1.29 is 14.3 Å². The van der Waals surface area contributed by atoms with Gasteiger partial charge in [0.15, 0.2) is 6.61 Å². The normalized spacial score (nSPS) is 22.2. The van der Waals surface area contributed by atoms with Crippen molar-refractivity contribution in [1.29, 1.82) is 0 Å². The van der Waals surface area contributed by atoms with Gasteiger partial charge in [-0.2, -0.15) is 0 Å². The summed E-state index contributed by atoms with van der Waals surface area (Å²) < 4.78 is 10.9. The molecule has 1 aromatic rings. The Morgan fingerprint density at radius 2 is 1.87 bits per heavy atom. The van der Waals surface area contributed by atoms with Crippen molar-refractivity contribution in [3.8, 4) is 5.75 Å². The molecule has 0 bridgehead atoms. The summed E-state index contributed by atoms with van der Waals surface area (Å²) >= 11 is 0. The summed E-state index contributed by atoms with van der Waals surface area (Å²) in [6, 6.07) is 8.43. The van der Waals surface area contributed by atoms with Crippen molar-refractivity contribution in [1.82, 2.24) is 9.80 Å². The molecule has 1 fully saturated rings. The van der Waals surface area contributed by atoms with Gasteiger partial charge in [-0.25, -0.2) is 0 Å².